The predicted octanol–water partition coefficient (Wildman–Crippen LogP) is 0.923. The van der Waals surface area contributed by atoms with Crippen molar-refractivity contribution in [1.82, 2.24) is 10.2 Å². The molecule has 0 aromatic heterocycles. The average Bonchev–Trinajstić information content (AvgIpc) is 2.09. The Bertz CT molecular complexity index is 229. The number of nitrogens with zero attached hydrogens (tertiary/aromatic N) is 1. The summed E-state index contributed by atoms with van der Waals surface area (Å²) in [6, 6.07) is 0.149. The smallest absolute Gasteiger partial charge is 0.304 e. The van der Waals surface area contributed by atoms with Crippen LogP contribution >= 0.6 is 0 Å². The van der Waals surface area contributed by atoms with Crippen LogP contribution in [0.4, 0.5) is 0 Å². The Morgan fingerprint density at radius 1 is 1.60 bits per heavy atom. The lowest BCUT2D eigenvalue weighted by Gasteiger charge is -2.44. The quantitative estimate of drug-likeness (QED) is 0.731. The molecule has 1 aliphatic rings. The number of nitrogens with one attached hydrogen (secondary N) is 1. The maximum atomic E-state index is 10.7. The molecule has 15 heavy (non-hydrogen) atoms. The second-order valence-corrected chi connectivity index (χ2v) is 4.99. The van der Waals surface area contributed by atoms with Crippen molar-refractivity contribution in [1.29, 1.82) is 0 Å². The van der Waals surface area contributed by atoms with Gasteiger partial charge in [0.1, 0.15) is 0 Å². The number of carbonyl (C=O) groups is 1. The Kier molecular flexibility index (Phi) is 4.11. The Morgan fingerprint density at radius 2 is 2.27 bits per heavy atom. The molecule has 1 aliphatic heterocycles. The summed E-state index contributed by atoms with van der Waals surface area (Å²) in [6.45, 7) is 9.15. The van der Waals surface area contributed by atoms with Crippen LogP contribution in [0.15, 0.2) is 0 Å². The second kappa shape index (κ2) is 4.94. The number of hydrogen-bond acceptors (Lipinski definition) is 3. The summed E-state index contributed by atoms with van der Waals surface area (Å²) >= 11 is 0. The summed E-state index contributed by atoms with van der Waals surface area (Å²) in [4.78, 5) is 13.0. The Balaban J connectivity index is 2.58. The van der Waals surface area contributed by atoms with E-state index in [1.165, 1.54) is 0 Å². The Morgan fingerprint density at radius 3 is 2.80 bits per heavy atom. The monoisotopic (exact) mass is 214 g/mol. The number of hydrogen-bond donors (Lipinski definition) is 2. The van der Waals surface area contributed by atoms with E-state index >= 15 is 0 Å². The fourth-order valence-electron chi connectivity index (χ4n) is 2.17. The van der Waals surface area contributed by atoms with E-state index in [1.807, 2.05) is 0 Å². The van der Waals surface area contributed by atoms with Crippen molar-refractivity contribution in [2.45, 2.75) is 45.2 Å². The van der Waals surface area contributed by atoms with Crippen LogP contribution in [0.2, 0.25) is 0 Å². The molecule has 0 saturated carbocycles. The van der Waals surface area contributed by atoms with Gasteiger partial charge in [0.2, 0.25) is 0 Å². The first-order valence-corrected chi connectivity index (χ1v) is 5.65. The van der Waals surface area contributed by atoms with Crippen molar-refractivity contribution in [3.63, 3.8) is 0 Å². The molecule has 1 rings (SSSR count). The lowest BCUT2D eigenvalue weighted by atomic mass is 9.97. The van der Waals surface area contributed by atoms with E-state index in [1.54, 1.807) is 0 Å². The largest absolute Gasteiger partial charge is 0.481 e. The SMILES string of the molecule is CCCN1CC(C)(C)NCC1CC(=O)O. The number of aliphatic carboxylic acids is 1. The lowest BCUT2D eigenvalue weighted by molar-refractivity contribution is -0.138. The highest BCUT2D eigenvalue weighted by Crippen LogP contribution is 2.17. The standard InChI is InChI=1S/C11H22N2O2/c1-4-5-13-8-11(2,3)12-7-9(13)6-10(14)15/h9,12H,4-8H2,1-3H3,(H,14,15). The molecule has 1 heterocycles. The first-order valence-electron chi connectivity index (χ1n) is 5.65. The highest BCUT2D eigenvalue weighted by molar-refractivity contribution is 5.67. The van der Waals surface area contributed by atoms with Gasteiger partial charge in [0.25, 0.3) is 0 Å². The lowest BCUT2D eigenvalue weighted by Crippen LogP contribution is -2.61. The van der Waals surface area contributed by atoms with Gasteiger partial charge < -0.3 is 10.4 Å². The molecule has 0 spiro atoms. The van der Waals surface area contributed by atoms with E-state index in [0.717, 1.165) is 26.1 Å². The summed E-state index contributed by atoms with van der Waals surface area (Å²) in [6.07, 6.45) is 1.31. The molecule has 4 heteroatoms. The first kappa shape index (κ1) is 12.5. The maximum absolute atomic E-state index is 10.7. The fourth-order valence-corrected chi connectivity index (χ4v) is 2.17. The average molecular weight is 214 g/mol. The van der Waals surface area contributed by atoms with Crippen LogP contribution in [-0.2, 0) is 4.79 Å². The third kappa shape index (κ3) is 3.80. The second-order valence-electron chi connectivity index (χ2n) is 4.99. The van der Waals surface area contributed by atoms with Crippen molar-refractivity contribution in [2.75, 3.05) is 19.6 Å². The van der Waals surface area contributed by atoms with Crippen LogP contribution in [0.1, 0.15) is 33.6 Å². The van der Waals surface area contributed by atoms with Gasteiger partial charge in [0.15, 0.2) is 0 Å². The van der Waals surface area contributed by atoms with Crippen molar-refractivity contribution in [3.8, 4) is 0 Å². The molecule has 1 atom stereocenters. The minimum atomic E-state index is -0.706. The van der Waals surface area contributed by atoms with Crippen LogP contribution in [0.3, 0.4) is 0 Å². The molecule has 0 aromatic carbocycles. The van der Waals surface area contributed by atoms with E-state index < -0.39 is 5.97 Å². The highest BCUT2D eigenvalue weighted by Gasteiger charge is 2.32. The molecule has 2 N–H and O–H groups in total. The summed E-state index contributed by atoms with van der Waals surface area (Å²) < 4.78 is 0. The van der Waals surface area contributed by atoms with E-state index in [2.05, 4.69) is 31.0 Å². The van der Waals surface area contributed by atoms with Crippen LogP contribution in [0, 0.1) is 0 Å². The van der Waals surface area contributed by atoms with Gasteiger partial charge in [-0.05, 0) is 26.8 Å². The van der Waals surface area contributed by atoms with E-state index in [-0.39, 0.29) is 18.0 Å². The van der Waals surface area contributed by atoms with E-state index in [9.17, 15) is 4.79 Å². The molecular formula is C11H22N2O2. The highest BCUT2D eigenvalue weighted by atomic mass is 16.4. The molecule has 1 fully saturated rings. The van der Waals surface area contributed by atoms with Crippen molar-refractivity contribution in [3.05, 3.63) is 0 Å². The molecule has 0 aromatic rings. The van der Waals surface area contributed by atoms with Crippen LogP contribution in [0.25, 0.3) is 0 Å². The molecule has 0 aliphatic carbocycles. The molecule has 0 bridgehead atoms. The van der Waals surface area contributed by atoms with Crippen LogP contribution in [-0.4, -0.2) is 47.2 Å². The summed E-state index contributed by atoms with van der Waals surface area (Å²) in [5.41, 5.74) is 0.101. The first-order chi connectivity index (χ1) is 6.94. The van der Waals surface area contributed by atoms with Gasteiger partial charge in [-0.3, -0.25) is 9.69 Å². The predicted molar refractivity (Wildman–Crippen MR) is 60.0 cm³/mol. The van der Waals surface area contributed by atoms with Gasteiger partial charge in [0.05, 0.1) is 6.42 Å². The number of piperazine rings is 1. The van der Waals surface area contributed by atoms with Crippen molar-refractivity contribution >= 4 is 5.97 Å². The zero-order chi connectivity index (χ0) is 11.5. The Hall–Kier alpha value is -0.610. The molecule has 1 unspecified atom stereocenters. The minimum absolute atomic E-state index is 0.101. The molecule has 0 radical (unpaired) electrons. The molecule has 4 nitrogen and oxygen atoms in total. The van der Waals surface area contributed by atoms with Crippen molar-refractivity contribution in [2.24, 2.45) is 0 Å². The molecule has 1 saturated heterocycles. The summed E-state index contributed by atoms with van der Waals surface area (Å²) in [5.74, 6) is -0.706. The maximum Gasteiger partial charge on any atom is 0.304 e. The zero-order valence-electron chi connectivity index (χ0n) is 9.92. The number of carboxylic acids is 1. The van der Waals surface area contributed by atoms with E-state index in [4.69, 9.17) is 5.11 Å². The number of carboxylic acid groups (broad SMARTS) is 1. The van der Waals surface area contributed by atoms with Crippen LogP contribution in [0.5, 0.6) is 0 Å². The third-order valence-electron chi connectivity index (χ3n) is 2.85. The third-order valence-corrected chi connectivity index (χ3v) is 2.85. The topological polar surface area (TPSA) is 52.6 Å². The van der Waals surface area contributed by atoms with Gasteiger partial charge in [-0.25, -0.2) is 0 Å². The normalized spacial score (nSPS) is 26.5. The Labute approximate surface area is 91.6 Å². The minimum Gasteiger partial charge on any atom is -0.481 e. The van der Waals surface area contributed by atoms with Gasteiger partial charge in [-0.1, -0.05) is 6.92 Å². The zero-order valence-corrected chi connectivity index (χ0v) is 9.92. The van der Waals surface area contributed by atoms with Crippen molar-refractivity contribution < 1.29 is 9.90 Å². The summed E-state index contributed by atoms with van der Waals surface area (Å²) in [5, 5.41) is 12.2. The molecule has 0 amide bonds. The summed E-state index contributed by atoms with van der Waals surface area (Å²) in [7, 11) is 0. The van der Waals surface area contributed by atoms with Gasteiger partial charge in [0, 0.05) is 24.7 Å². The fraction of sp³-hybridized carbons (Fsp3) is 0.909. The molecule has 88 valence electrons. The number of rotatable bonds is 4. The van der Waals surface area contributed by atoms with Crippen LogP contribution < -0.4 is 5.32 Å². The van der Waals surface area contributed by atoms with E-state index in [0.29, 0.717) is 0 Å². The van der Waals surface area contributed by atoms with Gasteiger partial charge >= 0.3 is 5.97 Å². The van der Waals surface area contributed by atoms with Gasteiger partial charge in [-0.2, -0.15) is 0 Å². The molecular weight excluding hydrogens is 192 g/mol. The van der Waals surface area contributed by atoms with Gasteiger partial charge in [-0.15, -0.1) is 0 Å².